The molecular formula is C12H15BrN4S. The van der Waals surface area contributed by atoms with Crippen LogP contribution in [0.1, 0.15) is 26.5 Å². The number of halogens is 1. The Hall–Kier alpha value is -1.01. The minimum Gasteiger partial charge on any atom is -0.372 e. The van der Waals surface area contributed by atoms with E-state index in [4.69, 9.17) is 0 Å². The molecule has 18 heavy (non-hydrogen) atoms. The molecule has 0 saturated carbocycles. The number of anilines is 1. The molecule has 2 aromatic rings. The van der Waals surface area contributed by atoms with Gasteiger partial charge in [0.25, 0.3) is 0 Å². The number of nitrogens with zero attached hydrogens (tertiary/aromatic N) is 3. The zero-order valence-electron chi connectivity index (χ0n) is 10.8. The fourth-order valence-corrected chi connectivity index (χ4v) is 3.08. The lowest BCUT2D eigenvalue weighted by molar-refractivity contribution is 0.564. The molecule has 0 saturated heterocycles. The minimum atomic E-state index is -0.0562. The molecule has 0 atom stereocenters. The molecular weight excluding hydrogens is 312 g/mol. The zero-order chi connectivity index (χ0) is 13.3. The first-order chi connectivity index (χ1) is 8.43. The molecule has 0 aliphatic rings. The van der Waals surface area contributed by atoms with Crippen molar-refractivity contribution in [2.24, 2.45) is 0 Å². The van der Waals surface area contributed by atoms with Crippen LogP contribution >= 0.6 is 27.3 Å². The molecule has 0 spiro atoms. The van der Waals surface area contributed by atoms with E-state index in [9.17, 15) is 0 Å². The van der Waals surface area contributed by atoms with Crippen LogP contribution in [-0.2, 0) is 5.41 Å². The maximum atomic E-state index is 4.64. The fourth-order valence-electron chi connectivity index (χ4n) is 1.54. The summed E-state index contributed by atoms with van der Waals surface area (Å²) in [5, 5.41) is 5.85. The highest BCUT2D eigenvalue weighted by atomic mass is 79.9. The van der Waals surface area contributed by atoms with Crippen molar-refractivity contribution < 1.29 is 0 Å². The van der Waals surface area contributed by atoms with Gasteiger partial charge in [-0.25, -0.2) is 15.0 Å². The van der Waals surface area contributed by atoms with Crippen molar-refractivity contribution in [3.63, 3.8) is 0 Å². The first kappa shape index (κ1) is 13.4. The molecule has 1 N–H and O–H groups in total. The first-order valence-electron chi connectivity index (χ1n) is 5.59. The van der Waals surface area contributed by atoms with Gasteiger partial charge in [0.05, 0.1) is 10.2 Å². The summed E-state index contributed by atoms with van der Waals surface area (Å²) in [6.45, 7) is 6.39. The predicted molar refractivity (Wildman–Crippen MR) is 79.1 cm³/mol. The maximum absolute atomic E-state index is 4.64. The van der Waals surface area contributed by atoms with Gasteiger partial charge < -0.3 is 5.32 Å². The Morgan fingerprint density at radius 2 is 2.00 bits per heavy atom. The zero-order valence-corrected chi connectivity index (χ0v) is 13.2. The van der Waals surface area contributed by atoms with Crippen LogP contribution in [0, 0.1) is 0 Å². The third-order valence-electron chi connectivity index (χ3n) is 2.42. The number of thiazole rings is 1. The van der Waals surface area contributed by atoms with Crippen LogP contribution in [-0.4, -0.2) is 22.0 Å². The fraction of sp³-hybridized carbons (Fsp3) is 0.417. The average molecular weight is 327 g/mol. The van der Waals surface area contributed by atoms with Gasteiger partial charge in [0.15, 0.2) is 10.8 Å². The summed E-state index contributed by atoms with van der Waals surface area (Å²) in [7, 11) is 1.85. The van der Waals surface area contributed by atoms with E-state index >= 15 is 0 Å². The molecule has 0 radical (unpaired) electrons. The summed E-state index contributed by atoms with van der Waals surface area (Å²) >= 11 is 5.11. The van der Waals surface area contributed by atoms with Crippen molar-refractivity contribution in [1.29, 1.82) is 0 Å². The number of nitrogens with one attached hydrogen (secondary N) is 1. The monoisotopic (exact) mass is 326 g/mol. The second-order valence-electron chi connectivity index (χ2n) is 4.90. The Balaban J connectivity index is 2.64. The van der Waals surface area contributed by atoms with Crippen LogP contribution in [0.4, 0.5) is 5.82 Å². The van der Waals surface area contributed by atoms with Crippen molar-refractivity contribution >= 4 is 33.1 Å². The highest BCUT2D eigenvalue weighted by Gasteiger charge is 2.23. The van der Waals surface area contributed by atoms with Crippen molar-refractivity contribution in [1.82, 2.24) is 15.0 Å². The van der Waals surface area contributed by atoms with Crippen LogP contribution in [0.25, 0.3) is 10.8 Å². The third-order valence-corrected chi connectivity index (χ3v) is 3.94. The molecule has 4 nitrogen and oxygen atoms in total. The Kier molecular flexibility index (Phi) is 3.68. The largest absolute Gasteiger partial charge is 0.372 e. The van der Waals surface area contributed by atoms with Crippen LogP contribution in [0.15, 0.2) is 16.0 Å². The molecule has 2 heterocycles. The van der Waals surface area contributed by atoms with Gasteiger partial charge in [0, 0.05) is 24.0 Å². The molecule has 0 aliphatic carbocycles. The standard InChI is InChI=1S/C12H15BrN4S/c1-12(2,3)8-7(13)9(14-4)17-10(16-8)11-15-5-6-18-11/h5-6H,1-4H3,(H,14,16,17). The minimum absolute atomic E-state index is 0.0562. The van der Waals surface area contributed by atoms with E-state index in [-0.39, 0.29) is 5.41 Å². The molecule has 0 bridgehead atoms. The van der Waals surface area contributed by atoms with Crippen LogP contribution in [0.5, 0.6) is 0 Å². The summed E-state index contributed by atoms with van der Waals surface area (Å²) in [6.07, 6.45) is 1.77. The molecule has 0 amide bonds. The molecule has 0 aromatic carbocycles. The van der Waals surface area contributed by atoms with Gasteiger partial charge in [-0.05, 0) is 15.9 Å². The quantitative estimate of drug-likeness (QED) is 0.914. The molecule has 0 aliphatic heterocycles. The van der Waals surface area contributed by atoms with E-state index in [1.807, 2.05) is 12.4 Å². The molecule has 6 heteroatoms. The number of rotatable bonds is 2. The lowest BCUT2D eigenvalue weighted by atomic mass is 9.92. The van der Waals surface area contributed by atoms with E-state index < -0.39 is 0 Å². The second kappa shape index (κ2) is 4.93. The Morgan fingerprint density at radius 1 is 1.28 bits per heavy atom. The lowest BCUT2D eigenvalue weighted by Crippen LogP contribution is -2.17. The van der Waals surface area contributed by atoms with Crippen LogP contribution in [0.3, 0.4) is 0 Å². The van der Waals surface area contributed by atoms with Gasteiger partial charge in [0.2, 0.25) is 0 Å². The SMILES string of the molecule is CNc1nc(-c2nccs2)nc(C(C)(C)C)c1Br. The van der Waals surface area contributed by atoms with Crippen LogP contribution < -0.4 is 5.32 Å². The van der Waals surface area contributed by atoms with Gasteiger partial charge in [-0.1, -0.05) is 20.8 Å². The van der Waals surface area contributed by atoms with E-state index in [1.54, 1.807) is 17.5 Å². The van der Waals surface area contributed by atoms with Crippen molar-refractivity contribution in [3.8, 4) is 10.8 Å². The summed E-state index contributed by atoms with van der Waals surface area (Å²) in [5.41, 5.74) is 0.923. The number of aromatic nitrogens is 3. The van der Waals surface area contributed by atoms with E-state index in [1.165, 1.54) is 0 Å². The smallest absolute Gasteiger partial charge is 0.191 e. The second-order valence-corrected chi connectivity index (χ2v) is 6.58. The molecule has 96 valence electrons. The van der Waals surface area contributed by atoms with Crippen LogP contribution in [0.2, 0.25) is 0 Å². The van der Waals surface area contributed by atoms with Gasteiger partial charge in [-0.15, -0.1) is 11.3 Å². The predicted octanol–water partition coefficient (Wildman–Crippen LogP) is 3.70. The average Bonchev–Trinajstić information content (AvgIpc) is 2.81. The molecule has 0 fully saturated rings. The summed E-state index contributed by atoms with van der Waals surface area (Å²) in [5.74, 6) is 1.46. The topological polar surface area (TPSA) is 50.7 Å². The Labute approximate surface area is 119 Å². The number of hydrogen-bond acceptors (Lipinski definition) is 5. The third kappa shape index (κ3) is 2.54. The van der Waals surface area contributed by atoms with Crippen molar-refractivity contribution in [2.45, 2.75) is 26.2 Å². The normalized spacial score (nSPS) is 11.6. The maximum Gasteiger partial charge on any atom is 0.191 e. The Morgan fingerprint density at radius 3 is 2.50 bits per heavy atom. The van der Waals surface area contributed by atoms with E-state index in [0.29, 0.717) is 5.82 Å². The summed E-state index contributed by atoms with van der Waals surface area (Å²) < 4.78 is 0.915. The van der Waals surface area contributed by atoms with Gasteiger partial charge >= 0.3 is 0 Å². The highest BCUT2D eigenvalue weighted by molar-refractivity contribution is 9.10. The van der Waals surface area contributed by atoms with Gasteiger partial charge in [-0.3, -0.25) is 0 Å². The van der Waals surface area contributed by atoms with E-state index in [2.05, 4.69) is 57.0 Å². The molecule has 0 unspecified atom stereocenters. The van der Waals surface area contributed by atoms with Crippen molar-refractivity contribution in [3.05, 3.63) is 21.7 Å². The number of hydrogen-bond donors (Lipinski definition) is 1. The van der Waals surface area contributed by atoms with Gasteiger partial charge in [0.1, 0.15) is 5.82 Å². The molecule has 2 aromatic heterocycles. The lowest BCUT2D eigenvalue weighted by Gasteiger charge is -2.21. The van der Waals surface area contributed by atoms with Crippen molar-refractivity contribution in [2.75, 3.05) is 12.4 Å². The first-order valence-corrected chi connectivity index (χ1v) is 7.26. The Bertz CT molecular complexity index is 546. The summed E-state index contributed by atoms with van der Waals surface area (Å²) in [4.78, 5) is 13.4. The van der Waals surface area contributed by atoms with Gasteiger partial charge in [-0.2, -0.15) is 0 Å². The highest BCUT2D eigenvalue weighted by Crippen LogP contribution is 2.34. The molecule has 2 rings (SSSR count). The van der Waals surface area contributed by atoms with E-state index in [0.717, 1.165) is 21.0 Å². The summed E-state index contributed by atoms with van der Waals surface area (Å²) in [6, 6.07) is 0.